The highest BCUT2D eigenvalue weighted by atomic mass is 35.5. The SMILES string of the molecule is CCOC(=O)[C@H]1CC[C@H](OC(C(=O)OC(C)(C)C)(N2CCCC2)N2CCCC2)CC1.Cl.Cl. The molecule has 7 nitrogen and oxygen atoms in total. The monoisotopic (exact) mass is 496 g/mol. The molecule has 32 heavy (non-hydrogen) atoms. The lowest BCUT2D eigenvalue weighted by atomic mass is 9.87. The molecule has 2 saturated heterocycles. The average molecular weight is 498 g/mol. The minimum atomic E-state index is -1.15. The van der Waals surface area contributed by atoms with Gasteiger partial charge >= 0.3 is 11.9 Å². The highest BCUT2D eigenvalue weighted by molar-refractivity contribution is 5.85. The van der Waals surface area contributed by atoms with E-state index >= 15 is 0 Å². The van der Waals surface area contributed by atoms with Crippen molar-refractivity contribution in [3.63, 3.8) is 0 Å². The number of hydrogen-bond donors (Lipinski definition) is 0. The van der Waals surface area contributed by atoms with Crippen LogP contribution in [0, 0.1) is 5.92 Å². The fourth-order valence-electron chi connectivity index (χ4n) is 4.95. The Balaban J connectivity index is 0.00000256. The molecule has 2 heterocycles. The van der Waals surface area contributed by atoms with Crippen molar-refractivity contribution in [2.75, 3.05) is 32.8 Å². The van der Waals surface area contributed by atoms with E-state index in [1.54, 1.807) is 0 Å². The van der Waals surface area contributed by atoms with Crippen molar-refractivity contribution < 1.29 is 23.8 Å². The Bertz CT molecular complexity index is 578. The van der Waals surface area contributed by atoms with E-state index in [2.05, 4.69) is 9.80 Å². The van der Waals surface area contributed by atoms with Crippen LogP contribution in [0.15, 0.2) is 0 Å². The van der Waals surface area contributed by atoms with Gasteiger partial charge in [-0.25, -0.2) is 4.79 Å². The summed E-state index contributed by atoms with van der Waals surface area (Å²) in [4.78, 5) is 30.2. The Morgan fingerprint density at radius 2 is 1.31 bits per heavy atom. The van der Waals surface area contributed by atoms with Crippen molar-refractivity contribution in [2.24, 2.45) is 5.92 Å². The summed E-state index contributed by atoms with van der Waals surface area (Å²) in [6.45, 7) is 11.4. The molecule has 0 aromatic rings. The van der Waals surface area contributed by atoms with Gasteiger partial charge in [-0.3, -0.25) is 14.6 Å². The van der Waals surface area contributed by atoms with E-state index in [9.17, 15) is 9.59 Å². The lowest BCUT2D eigenvalue weighted by Crippen LogP contribution is -2.68. The van der Waals surface area contributed by atoms with Gasteiger partial charge in [-0.2, -0.15) is 0 Å². The van der Waals surface area contributed by atoms with Crippen LogP contribution < -0.4 is 0 Å². The molecule has 0 atom stereocenters. The van der Waals surface area contributed by atoms with Gasteiger partial charge in [0.25, 0.3) is 5.85 Å². The summed E-state index contributed by atoms with van der Waals surface area (Å²) >= 11 is 0. The third kappa shape index (κ3) is 6.95. The van der Waals surface area contributed by atoms with E-state index in [-0.39, 0.29) is 48.8 Å². The summed E-state index contributed by atoms with van der Waals surface area (Å²) in [6, 6.07) is 0. The predicted octanol–water partition coefficient (Wildman–Crippen LogP) is 4.16. The van der Waals surface area contributed by atoms with Crippen LogP contribution in [0.1, 0.15) is 79.1 Å². The molecule has 3 rings (SSSR count). The second-order valence-corrected chi connectivity index (χ2v) is 9.84. The normalized spacial score (nSPS) is 25.0. The Morgan fingerprint density at radius 1 is 0.844 bits per heavy atom. The lowest BCUT2D eigenvalue weighted by molar-refractivity contribution is -0.274. The molecule has 0 aromatic heterocycles. The van der Waals surface area contributed by atoms with Gasteiger partial charge in [0.2, 0.25) is 0 Å². The van der Waals surface area contributed by atoms with Crippen molar-refractivity contribution in [2.45, 2.75) is 96.6 Å². The van der Waals surface area contributed by atoms with E-state index in [1.807, 2.05) is 27.7 Å². The van der Waals surface area contributed by atoms with Crippen LogP contribution in [0.4, 0.5) is 0 Å². The Morgan fingerprint density at radius 3 is 1.72 bits per heavy atom. The molecule has 0 unspecified atom stereocenters. The van der Waals surface area contributed by atoms with Crippen LogP contribution >= 0.6 is 24.8 Å². The van der Waals surface area contributed by atoms with Crippen molar-refractivity contribution in [3.8, 4) is 0 Å². The van der Waals surface area contributed by atoms with Crippen LogP contribution in [0.2, 0.25) is 0 Å². The van der Waals surface area contributed by atoms with Gasteiger partial charge in [-0.1, -0.05) is 0 Å². The third-order valence-electron chi connectivity index (χ3n) is 6.36. The first-order valence-corrected chi connectivity index (χ1v) is 11.8. The highest BCUT2D eigenvalue weighted by Crippen LogP contribution is 2.37. The van der Waals surface area contributed by atoms with E-state index in [4.69, 9.17) is 14.2 Å². The van der Waals surface area contributed by atoms with E-state index in [1.165, 1.54) is 0 Å². The van der Waals surface area contributed by atoms with Crippen LogP contribution in [0.5, 0.6) is 0 Å². The molecule has 1 saturated carbocycles. The summed E-state index contributed by atoms with van der Waals surface area (Å²) < 4.78 is 17.9. The molecule has 3 aliphatic rings. The van der Waals surface area contributed by atoms with Crippen molar-refractivity contribution in [1.82, 2.24) is 9.80 Å². The van der Waals surface area contributed by atoms with Gasteiger partial charge in [0, 0.05) is 26.2 Å². The molecule has 0 bridgehead atoms. The van der Waals surface area contributed by atoms with E-state index in [0.29, 0.717) is 6.61 Å². The number of nitrogens with zero attached hydrogens (tertiary/aromatic N) is 2. The molecule has 9 heteroatoms. The quantitative estimate of drug-likeness (QED) is 0.490. The molecule has 0 amide bonds. The van der Waals surface area contributed by atoms with Gasteiger partial charge in [0.1, 0.15) is 5.60 Å². The molecule has 1 aliphatic carbocycles. The Kier molecular flexibility index (Phi) is 11.7. The van der Waals surface area contributed by atoms with Gasteiger partial charge in [0.05, 0.1) is 18.6 Å². The zero-order valence-electron chi connectivity index (χ0n) is 20.1. The second kappa shape index (κ2) is 12.7. The molecular weight excluding hydrogens is 455 g/mol. The highest BCUT2D eigenvalue weighted by Gasteiger charge is 2.55. The first-order valence-electron chi connectivity index (χ1n) is 11.8. The second-order valence-electron chi connectivity index (χ2n) is 9.84. The Labute approximate surface area is 205 Å². The lowest BCUT2D eigenvalue weighted by Gasteiger charge is -2.48. The largest absolute Gasteiger partial charge is 0.466 e. The number of hydrogen-bond acceptors (Lipinski definition) is 7. The molecule has 0 N–H and O–H groups in total. The third-order valence-corrected chi connectivity index (χ3v) is 6.36. The first-order chi connectivity index (χ1) is 14.3. The van der Waals surface area contributed by atoms with Gasteiger partial charge in [-0.15, -0.1) is 24.8 Å². The summed E-state index contributed by atoms with van der Waals surface area (Å²) in [6.07, 6.45) is 7.21. The number of esters is 2. The maximum Gasteiger partial charge on any atom is 0.371 e. The molecule has 3 fully saturated rings. The number of rotatable bonds is 7. The number of carbonyl (C=O) groups is 2. The number of halogens is 2. The maximum atomic E-state index is 13.7. The molecule has 2 aliphatic heterocycles. The summed E-state index contributed by atoms with van der Waals surface area (Å²) in [5.41, 5.74) is -0.577. The molecule has 0 spiro atoms. The minimum absolute atomic E-state index is 0. The molecule has 188 valence electrons. The van der Waals surface area contributed by atoms with Crippen molar-refractivity contribution in [1.29, 1.82) is 0 Å². The van der Waals surface area contributed by atoms with Gasteiger partial charge in [-0.05, 0) is 79.1 Å². The molecule has 0 aromatic carbocycles. The van der Waals surface area contributed by atoms with Gasteiger partial charge in [0.15, 0.2) is 0 Å². The zero-order valence-corrected chi connectivity index (χ0v) is 21.7. The number of carbonyl (C=O) groups excluding carboxylic acids is 2. The fourth-order valence-corrected chi connectivity index (χ4v) is 4.95. The molecule has 0 radical (unpaired) electrons. The van der Waals surface area contributed by atoms with Gasteiger partial charge < -0.3 is 14.2 Å². The Hall–Kier alpha value is -0.600. The number of likely N-dealkylation sites (tertiary alicyclic amines) is 2. The first kappa shape index (κ1) is 29.4. The number of ether oxygens (including phenoxy) is 3. The summed E-state index contributed by atoms with van der Waals surface area (Å²) in [5.74, 6) is -1.60. The minimum Gasteiger partial charge on any atom is -0.466 e. The van der Waals surface area contributed by atoms with E-state index in [0.717, 1.165) is 77.5 Å². The standard InChI is InChI=1S/C23H40N2O5.2ClH/c1-5-28-20(26)18-10-12-19(13-11-18)29-23(24-14-6-7-15-24,25-16-8-9-17-25)21(27)30-22(2,3)4;;/h18-19H,5-17H2,1-4H3;2*1H/t18-,19-;;. The van der Waals surface area contributed by atoms with Crippen LogP contribution in [0.3, 0.4) is 0 Å². The zero-order chi connectivity index (χ0) is 21.8. The maximum absolute atomic E-state index is 13.7. The average Bonchev–Trinajstić information content (AvgIpc) is 3.40. The van der Waals surface area contributed by atoms with Crippen LogP contribution in [-0.2, 0) is 23.8 Å². The fraction of sp³-hybridized carbons (Fsp3) is 0.913. The summed E-state index contributed by atoms with van der Waals surface area (Å²) in [7, 11) is 0. The summed E-state index contributed by atoms with van der Waals surface area (Å²) in [5, 5.41) is 0. The van der Waals surface area contributed by atoms with Crippen molar-refractivity contribution >= 4 is 36.8 Å². The van der Waals surface area contributed by atoms with Crippen molar-refractivity contribution in [3.05, 3.63) is 0 Å². The smallest absolute Gasteiger partial charge is 0.371 e. The van der Waals surface area contributed by atoms with Crippen LogP contribution in [-0.4, -0.2) is 72.1 Å². The molecular formula is C23H42Cl2N2O5. The van der Waals surface area contributed by atoms with E-state index < -0.39 is 11.4 Å². The topological polar surface area (TPSA) is 68.3 Å². The predicted molar refractivity (Wildman–Crippen MR) is 128 cm³/mol. The van der Waals surface area contributed by atoms with Crippen LogP contribution in [0.25, 0.3) is 0 Å².